The lowest BCUT2D eigenvalue weighted by molar-refractivity contribution is -0.274. The van der Waals surface area contributed by atoms with Gasteiger partial charge in [-0.15, -0.1) is 13.2 Å². The monoisotopic (exact) mass is 480 g/mol. The maximum atomic E-state index is 13.4. The summed E-state index contributed by atoms with van der Waals surface area (Å²) in [7, 11) is 1.68. The fourth-order valence-electron chi connectivity index (χ4n) is 3.27. The van der Waals surface area contributed by atoms with Crippen LogP contribution in [0, 0.1) is 5.82 Å². The first kappa shape index (κ1) is 24.4. The number of carbonyl (C=O) groups is 1. The third kappa shape index (κ3) is 7.12. The summed E-state index contributed by atoms with van der Waals surface area (Å²) in [5.74, 6) is -1.01. The first-order valence-electron chi connectivity index (χ1n) is 10.0. The molecule has 0 saturated carbocycles. The zero-order valence-corrected chi connectivity index (χ0v) is 18.4. The fourth-order valence-corrected chi connectivity index (χ4v) is 3.44. The third-order valence-corrected chi connectivity index (χ3v) is 5.12. The predicted molar refractivity (Wildman–Crippen MR) is 119 cm³/mol. The van der Waals surface area contributed by atoms with Gasteiger partial charge in [-0.05, 0) is 60.0 Å². The van der Waals surface area contributed by atoms with Crippen molar-refractivity contribution in [2.75, 3.05) is 18.9 Å². The Morgan fingerprint density at radius 2 is 1.64 bits per heavy atom. The van der Waals surface area contributed by atoms with E-state index in [1.807, 2.05) is 0 Å². The van der Waals surface area contributed by atoms with Gasteiger partial charge in [-0.3, -0.25) is 4.79 Å². The van der Waals surface area contributed by atoms with Gasteiger partial charge in [0.25, 0.3) is 5.91 Å². The molecule has 0 fully saturated rings. The fraction of sp³-hybridized carbons (Fsp3) is 0.208. The number of alkyl halides is 3. The Labute approximate surface area is 193 Å². The number of carbonyl (C=O) groups excluding carboxylic acids is 1. The van der Waals surface area contributed by atoms with Crippen LogP contribution in [0.1, 0.15) is 21.5 Å². The van der Waals surface area contributed by atoms with Crippen LogP contribution in [-0.2, 0) is 13.0 Å². The highest BCUT2D eigenvalue weighted by Gasteiger charge is 2.31. The lowest BCUT2D eigenvalue weighted by atomic mass is 10.1. The van der Waals surface area contributed by atoms with Crippen molar-refractivity contribution >= 4 is 23.2 Å². The van der Waals surface area contributed by atoms with Crippen LogP contribution in [-0.4, -0.2) is 30.8 Å². The Bertz CT molecular complexity index is 1090. The molecule has 0 aromatic heterocycles. The van der Waals surface area contributed by atoms with Gasteiger partial charge in [0, 0.05) is 30.8 Å². The maximum absolute atomic E-state index is 13.4. The van der Waals surface area contributed by atoms with Crippen LogP contribution in [0.5, 0.6) is 5.75 Å². The Kier molecular flexibility index (Phi) is 7.81. The van der Waals surface area contributed by atoms with Gasteiger partial charge in [-0.1, -0.05) is 35.9 Å². The number of benzene rings is 3. The second-order valence-electron chi connectivity index (χ2n) is 7.23. The van der Waals surface area contributed by atoms with E-state index in [0.717, 1.165) is 5.56 Å². The van der Waals surface area contributed by atoms with E-state index in [0.29, 0.717) is 34.8 Å². The zero-order chi connectivity index (χ0) is 24.0. The highest BCUT2D eigenvalue weighted by atomic mass is 35.5. The molecule has 0 heterocycles. The van der Waals surface area contributed by atoms with E-state index < -0.39 is 6.36 Å². The largest absolute Gasteiger partial charge is 0.573 e. The average Bonchev–Trinajstić information content (AvgIpc) is 2.77. The molecule has 1 amide bonds. The number of rotatable bonds is 8. The summed E-state index contributed by atoms with van der Waals surface area (Å²) in [6.45, 7) is 0.433. The molecular formula is C24H21ClF4N2O2. The van der Waals surface area contributed by atoms with E-state index in [-0.39, 0.29) is 24.0 Å². The van der Waals surface area contributed by atoms with Crippen LogP contribution in [0.2, 0.25) is 5.02 Å². The van der Waals surface area contributed by atoms with Gasteiger partial charge in [0.2, 0.25) is 0 Å². The van der Waals surface area contributed by atoms with Crippen LogP contribution in [0.15, 0.2) is 66.7 Å². The number of anilines is 1. The summed E-state index contributed by atoms with van der Waals surface area (Å²) >= 11 is 6.10. The number of nitrogens with zero attached hydrogens (tertiary/aromatic N) is 1. The molecule has 1 N–H and O–H groups in total. The van der Waals surface area contributed by atoms with Crippen molar-refractivity contribution in [1.29, 1.82) is 0 Å². The number of hydrogen-bond acceptors (Lipinski definition) is 3. The molecule has 3 aromatic carbocycles. The molecule has 0 radical (unpaired) electrons. The number of nitrogens with one attached hydrogen (secondary N) is 1. The van der Waals surface area contributed by atoms with Gasteiger partial charge >= 0.3 is 6.36 Å². The summed E-state index contributed by atoms with van der Waals surface area (Å²) in [5.41, 5.74) is 2.40. The van der Waals surface area contributed by atoms with Crippen LogP contribution >= 0.6 is 11.6 Å². The van der Waals surface area contributed by atoms with E-state index in [9.17, 15) is 22.4 Å². The average molecular weight is 481 g/mol. The van der Waals surface area contributed by atoms with Crippen molar-refractivity contribution in [1.82, 2.24) is 4.90 Å². The SMILES string of the molecule is CNc1ccc(Cl)cc1C(=O)N(CCc1ccc(F)cc1)Cc1ccc(OC(F)(F)F)cc1. The van der Waals surface area contributed by atoms with Crippen molar-refractivity contribution in [3.63, 3.8) is 0 Å². The molecular weight excluding hydrogens is 460 g/mol. The van der Waals surface area contributed by atoms with E-state index in [2.05, 4.69) is 10.1 Å². The highest BCUT2D eigenvalue weighted by molar-refractivity contribution is 6.31. The molecule has 0 bridgehead atoms. The first-order valence-corrected chi connectivity index (χ1v) is 10.4. The van der Waals surface area contributed by atoms with Crippen molar-refractivity contribution < 1.29 is 27.1 Å². The standard InChI is InChI=1S/C24H21ClF4N2O2/c1-30-22-11-6-18(25)14-21(22)23(32)31(13-12-16-2-7-19(26)8-3-16)15-17-4-9-20(10-5-17)33-24(27,28)29/h2-11,14,30H,12-13,15H2,1H3. The molecule has 0 saturated heterocycles. The van der Waals surface area contributed by atoms with Crippen LogP contribution in [0.25, 0.3) is 0 Å². The number of halogens is 5. The summed E-state index contributed by atoms with van der Waals surface area (Å²) < 4.78 is 54.4. The summed E-state index contributed by atoms with van der Waals surface area (Å²) in [6.07, 6.45) is -4.33. The van der Waals surface area contributed by atoms with E-state index >= 15 is 0 Å². The van der Waals surface area contributed by atoms with Gasteiger partial charge in [0.1, 0.15) is 11.6 Å². The molecule has 0 aliphatic rings. The molecule has 174 valence electrons. The molecule has 0 aliphatic heterocycles. The Morgan fingerprint density at radius 3 is 2.24 bits per heavy atom. The predicted octanol–water partition coefficient (Wildman–Crippen LogP) is 6.30. The Morgan fingerprint density at radius 1 is 1.00 bits per heavy atom. The Hall–Kier alpha value is -3.26. The van der Waals surface area contributed by atoms with Crippen LogP contribution < -0.4 is 10.1 Å². The van der Waals surface area contributed by atoms with Crippen LogP contribution in [0.3, 0.4) is 0 Å². The second-order valence-corrected chi connectivity index (χ2v) is 7.67. The normalized spacial score (nSPS) is 11.2. The molecule has 0 aliphatic carbocycles. The zero-order valence-electron chi connectivity index (χ0n) is 17.6. The minimum Gasteiger partial charge on any atom is -0.406 e. The summed E-state index contributed by atoms with van der Waals surface area (Å²) in [4.78, 5) is 15.0. The minimum atomic E-state index is -4.78. The number of ether oxygens (including phenoxy) is 1. The van der Waals surface area contributed by atoms with Crippen molar-refractivity contribution in [2.24, 2.45) is 0 Å². The van der Waals surface area contributed by atoms with Gasteiger partial charge in [-0.2, -0.15) is 0 Å². The molecule has 0 atom stereocenters. The molecule has 0 unspecified atom stereocenters. The smallest absolute Gasteiger partial charge is 0.406 e. The lowest BCUT2D eigenvalue weighted by Crippen LogP contribution is -2.33. The van der Waals surface area contributed by atoms with Gasteiger partial charge < -0.3 is 15.0 Å². The van der Waals surface area contributed by atoms with Gasteiger partial charge in [0.05, 0.1) is 5.56 Å². The van der Waals surface area contributed by atoms with Gasteiger partial charge in [0.15, 0.2) is 0 Å². The van der Waals surface area contributed by atoms with E-state index in [1.165, 1.54) is 36.4 Å². The number of hydrogen-bond donors (Lipinski definition) is 1. The summed E-state index contributed by atoms with van der Waals surface area (Å²) in [6, 6.07) is 16.2. The molecule has 9 heteroatoms. The Balaban J connectivity index is 1.84. The van der Waals surface area contributed by atoms with Crippen LogP contribution in [0.4, 0.5) is 23.2 Å². The molecule has 33 heavy (non-hydrogen) atoms. The number of amides is 1. The maximum Gasteiger partial charge on any atom is 0.573 e. The molecule has 4 nitrogen and oxygen atoms in total. The topological polar surface area (TPSA) is 41.6 Å². The van der Waals surface area contributed by atoms with Crippen molar-refractivity contribution in [2.45, 2.75) is 19.3 Å². The highest BCUT2D eigenvalue weighted by Crippen LogP contribution is 2.25. The van der Waals surface area contributed by atoms with Crippen molar-refractivity contribution in [3.8, 4) is 5.75 Å². The molecule has 0 spiro atoms. The quantitative estimate of drug-likeness (QED) is 0.384. The van der Waals surface area contributed by atoms with E-state index in [1.54, 1.807) is 42.3 Å². The third-order valence-electron chi connectivity index (χ3n) is 4.88. The second kappa shape index (κ2) is 10.6. The van der Waals surface area contributed by atoms with E-state index in [4.69, 9.17) is 11.6 Å². The van der Waals surface area contributed by atoms with Crippen molar-refractivity contribution in [3.05, 3.63) is 94.3 Å². The van der Waals surface area contributed by atoms with Gasteiger partial charge in [-0.25, -0.2) is 4.39 Å². The first-order chi connectivity index (χ1) is 15.6. The lowest BCUT2D eigenvalue weighted by Gasteiger charge is -2.24. The minimum absolute atomic E-state index is 0.141. The molecule has 3 rings (SSSR count). The molecule has 3 aromatic rings. The summed E-state index contributed by atoms with van der Waals surface area (Å²) in [5, 5.41) is 3.35.